The molecule has 5 atom stereocenters. The number of hydrogen-bond donors (Lipinski definition) is 2. The Morgan fingerprint density at radius 2 is 1.85 bits per heavy atom. The van der Waals surface area contributed by atoms with E-state index in [-0.39, 0.29) is 12.2 Å². The van der Waals surface area contributed by atoms with E-state index in [2.05, 4.69) is 0 Å². The van der Waals surface area contributed by atoms with Crippen LogP contribution in [0.2, 0.25) is 0 Å². The van der Waals surface area contributed by atoms with Crippen LogP contribution in [-0.4, -0.2) is 40.3 Å². The summed E-state index contributed by atoms with van der Waals surface area (Å²) < 4.78 is 5.21. The van der Waals surface area contributed by atoms with Crippen LogP contribution in [0.4, 0.5) is 0 Å². The molecule has 20 heavy (non-hydrogen) atoms. The van der Waals surface area contributed by atoms with Crippen molar-refractivity contribution in [2.24, 2.45) is 11.8 Å². The minimum atomic E-state index is -1.07. The Labute approximate surface area is 117 Å². The van der Waals surface area contributed by atoms with Gasteiger partial charge >= 0.3 is 5.97 Å². The van der Waals surface area contributed by atoms with Crippen LogP contribution in [0.15, 0.2) is 23.3 Å². The molecule has 0 spiro atoms. The van der Waals surface area contributed by atoms with Gasteiger partial charge in [0.1, 0.15) is 12.2 Å². The first-order chi connectivity index (χ1) is 9.31. The van der Waals surface area contributed by atoms with E-state index in [4.69, 9.17) is 4.74 Å². The van der Waals surface area contributed by atoms with Crippen molar-refractivity contribution in [2.45, 2.75) is 45.5 Å². The number of rotatable bonds is 0. The first-order valence-corrected chi connectivity index (χ1v) is 6.77. The Kier molecular flexibility index (Phi) is 4.11. The third-order valence-electron chi connectivity index (χ3n) is 4.09. The number of allylic oxidation sites excluding steroid dienone is 2. The second kappa shape index (κ2) is 5.50. The summed E-state index contributed by atoms with van der Waals surface area (Å²) in [6.45, 7) is 5.07. The smallest absolute Gasteiger partial charge is 0.309 e. The maximum absolute atomic E-state index is 11.7. The van der Waals surface area contributed by atoms with Crippen molar-refractivity contribution >= 4 is 11.8 Å². The van der Waals surface area contributed by atoms with E-state index in [9.17, 15) is 19.8 Å². The number of fused-ring (bicyclic) bond motifs is 1. The molecule has 2 aliphatic rings. The van der Waals surface area contributed by atoms with Crippen molar-refractivity contribution in [1.29, 1.82) is 0 Å². The third-order valence-corrected chi connectivity index (χ3v) is 4.09. The maximum Gasteiger partial charge on any atom is 0.309 e. The quantitative estimate of drug-likeness (QED) is 0.640. The van der Waals surface area contributed by atoms with Gasteiger partial charge in [0.25, 0.3) is 0 Å². The number of aliphatic hydroxyl groups is 2. The number of ether oxygens (including phenoxy) is 1. The highest BCUT2D eigenvalue weighted by atomic mass is 16.6. The predicted octanol–water partition coefficient (Wildman–Crippen LogP) is 0.751. The van der Waals surface area contributed by atoms with Gasteiger partial charge in [0, 0.05) is 5.92 Å². The average molecular weight is 280 g/mol. The first-order valence-electron chi connectivity index (χ1n) is 6.77. The zero-order valence-corrected chi connectivity index (χ0v) is 11.9. The molecule has 0 radical (unpaired) electrons. The molecule has 0 bridgehead atoms. The van der Waals surface area contributed by atoms with Crippen molar-refractivity contribution in [2.75, 3.05) is 0 Å². The maximum atomic E-state index is 11.7. The molecule has 1 aliphatic carbocycles. The van der Waals surface area contributed by atoms with E-state index >= 15 is 0 Å². The number of ketones is 1. The Morgan fingerprint density at radius 1 is 1.20 bits per heavy atom. The number of esters is 1. The molecule has 5 heteroatoms. The summed E-state index contributed by atoms with van der Waals surface area (Å²) in [6, 6.07) is 0. The standard InChI is InChI=1S/C15H20O5/c1-7-4-10(16)6-8(2)13(18)14-12(11(17)5-7)9(3)15(19)20-14/h4,6,9,11-14,17-18H,5H2,1-3H3/b7-4+,8-6-/t9-,11-,12+,13+,14-/m0/s1. The lowest BCUT2D eigenvalue weighted by molar-refractivity contribution is -0.147. The fourth-order valence-electron chi connectivity index (χ4n) is 2.97. The Balaban J connectivity index is 2.43. The second-order valence-electron chi connectivity index (χ2n) is 5.77. The van der Waals surface area contributed by atoms with Gasteiger partial charge in [-0.1, -0.05) is 12.5 Å². The molecular formula is C15H20O5. The van der Waals surface area contributed by atoms with E-state index in [0.717, 1.165) is 5.57 Å². The van der Waals surface area contributed by atoms with Gasteiger partial charge < -0.3 is 14.9 Å². The van der Waals surface area contributed by atoms with Gasteiger partial charge in [-0.15, -0.1) is 0 Å². The Morgan fingerprint density at radius 3 is 2.50 bits per heavy atom. The summed E-state index contributed by atoms with van der Waals surface area (Å²) in [5.41, 5.74) is 1.18. The van der Waals surface area contributed by atoms with Crippen LogP contribution < -0.4 is 0 Å². The van der Waals surface area contributed by atoms with E-state index in [1.165, 1.54) is 12.2 Å². The van der Waals surface area contributed by atoms with Crippen LogP contribution in [0.3, 0.4) is 0 Å². The molecule has 1 saturated heterocycles. The van der Waals surface area contributed by atoms with Crippen molar-refractivity contribution in [1.82, 2.24) is 0 Å². The van der Waals surface area contributed by atoms with E-state index in [1.807, 2.05) is 0 Å². The van der Waals surface area contributed by atoms with Crippen molar-refractivity contribution in [3.63, 3.8) is 0 Å². The van der Waals surface area contributed by atoms with Gasteiger partial charge in [-0.2, -0.15) is 0 Å². The molecule has 0 saturated carbocycles. The van der Waals surface area contributed by atoms with Gasteiger partial charge in [0.05, 0.1) is 12.0 Å². The number of hydrogen-bond acceptors (Lipinski definition) is 5. The summed E-state index contributed by atoms with van der Waals surface area (Å²) in [6.07, 6.45) is 0.378. The normalized spacial score (nSPS) is 44.0. The molecule has 0 aromatic heterocycles. The SMILES string of the molecule is C/C1=C/C(=O)/C=C(\C)C[C@H](O)[C@@H]2[C@H](OC(=O)[C@H]2C)[C@@H]1O. The van der Waals surface area contributed by atoms with E-state index in [0.29, 0.717) is 5.57 Å². The van der Waals surface area contributed by atoms with Crippen LogP contribution in [-0.2, 0) is 14.3 Å². The van der Waals surface area contributed by atoms with Crippen LogP contribution in [0, 0.1) is 11.8 Å². The monoisotopic (exact) mass is 280 g/mol. The number of carbonyl (C=O) groups excluding carboxylic acids is 2. The highest BCUT2D eigenvalue weighted by Gasteiger charge is 2.49. The average Bonchev–Trinajstić information content (AvgIpc) is 2.63. The van der Waals surface area contributed by atoms with Gasteiger partial charge in [0.2, 0.25) is 0 Å². The van der Waals surface area contributed by atoms with E-state index in [1.54, 1.807) is 20.8 Å². The van der Waals surface area contributed by atoms with Gasteiger partial charge in [0.15, 0.2) is 5.78 Å². The van der Waals surface area contributed by atoms with Crippen LogP contribution in [0.25, 0.3) is 0 Å². The van der Waals surface area contributed by atoms with Crippen molar-refractivity contribution in [3.8, 4) is 0 Å². The van der Waals surface area contributed by atoms with Gasteiger partial charge in [-0.3, -0.25) is 9.59 Å². The number of carbonyl (C=O) groups is 2. The molecule has 1 aliphatic heterocycles. The molecular weight excluding hydrogens is 260 g/mol. The predicted molar refractivity (Wildman–Crippen MR) is 71.7 cm³/mol. The Bertz CT molecular complexity index is 490. The third kappa shape index (κ3) is 2.69. The second-order valence-corrected chi connectivity index (χ2v) is 5.77. The summed E-state index contributed by atoms with van der Waals surface area (Å²) in [5.74, 6) is -1.60. The molecule has 0 unspecified atom stereocenters. The lowest BCUT2D eigenvalue weighted by Crippen LogP contribution is -2.40. The highest BCUT2D eigenvalue weighted by molar-refractivity contribution is 6.00. The molecule has 5 nitrogen and oxygen atoms in total. The van der Waals surface area contributed by atoms with Crippen LogP contribution >= 0.6 is 0 Å². The lowest BCUT2D eigenvalue weighted by atomic mass is 9.80. The molecule has 1 heterocycles. The zero-order chi connectivity index (χ0) is 15.0. The Hall–Kier alpha value is -1.46. The summed E-state index contributed by atoms with van der Waals surface area (Å²) in [7, 11) is 0. The molecule has 0 amide bonds. The van der Waals surface area contributed by atoms with Gasteiger partial charge in [-0.25, -0.2) is 0 Å². The van der Waals surface area contributed by atoms with Crippen LogP contribution in [0.1, 0.15) is 27.2 Å². The van der Waals surface area contributed by atoms with E-state index < -0.39 is 36.1 Å². The summed E-state index contributed by atoms with van der Waals surface area (Å²) in [5, 5.41) is 20.6. The van der Waals surface area contributed by atoms with Crippen molar-refractivity contribution in [3.05, 3.63) is 23.3 Å². The molecule has 2 N–H and O–H groups in total. The van der Waals surface area contributed by atoms with Crippen molar-refractivity contribution < 1.29 is 24.5 Å². The highest BCUT2D eigenvalue weighted by Crippen LogP contribution is 2.36. The summed E-state index contributed by atoms with van der Waals surface area (Å²) >= 11 is 0. The first kappa shape index (κ1) is 14.9. The topological polar surface area (TPSA) is 83.8 Å². The van der Waals surface area contributed by atoms with Crippen LogP contribution in [0.5, 0.6) is 0 Å². The minimum absolute atomic E-state index is 0.234. The molecule has 2 rings (SSSR count). The molecule has 110 valence electrons. The number of aliphatic hydroxyl groups excluding tert-OH is 2. The largest absolute Gasteiger partial charge is 0.459 e. The molecule has 0 aromatic carbocycles. The fourth-order valence-corrected chi connectivity index (χ4v) is 2.97. The molecule has 0 aromatic rings. The zero-order valence-electron chi connectivity index (χ0n) is 11.9. The minimum Gasteiger partial charge on any atom is -0.459 e. The lowest BCUT2D eigenvalue weighted by Gasteiger charge is -2.29. The van der Waals surface area contributed by atoms with Gasteiger partial charge in [-0.05, 0) is 38.0 Å². The fraction of sp³-hybridized carbons (Fsp3) is 0.600. The summed E-state index contributed by atoms with van der Waals surface area (Å²) in [4.78, 5) is 23.5. The molecule has 1 fully saturated rings.